The van der Waals surface area contributed by atoms with E-state index < -0.39 is 7.60 Å². The summed E-state index contributed by atoms with van der Waals surface area (Å²) in [5.41, 5.74) is 0. The predicted molar refractivity (Wildman–Crippen MR) is 55.2 cm³/mol. The third-order valence-corrected chi connectivity index (χ3v) is 2.88. The van der Waals surface area contributed by atoms with Gasteiger partial charge in [-0.2, -0.15) is 0 Å². The van der Waals surface area contributed by atoms with Crippen LogP contribution in [0.3, 0.4) is 0 Å². The molecule has 0 radical (unpaired) electrons. The molecule has 0 heterocycles. The van der Waals surface area contributed by atoms with Crippen LogP contribution in [-0.2, 0) is 13.6 Å². The Morgan fingerprint density at radius 1 is 1.23 bits per heavy atom. The second kappa shape index (κ2) is 5.79. The topological polar surface area (TPSA) is 35.5 Å². The van der Waals surface area contributed by atoms with E-state index in [2.05, 4.69) is 13.8 Å². The van der Waals surface area contributed by atoms with E-state index in [1.165, 1.54) is 6.66 Å². The van der Waals surface area contributed by atoms with E-state index in [0.29, 0.717) is 12.5 Å². The average Bonchev–Trinajstić information content (AvgIpc) is 1.81. The molecule has 0 aromatic carbocycles. The number of rotatable bonds is 6. The molecule has 0 fully saturated rings. The minimum Gasteiger partial charge on any atom is -0.309 e. The molecule has 0 aromatic heterocycles. The van der Waals surface area contributed by atoms with E-state index in [1.54, 1.807) is 0 Å². The Labute approximate surface area is 81.3 Å². The molecule has 0 amide bonds. The molecule has 0 rings (SSSR count). The molecule has 80 valence electrons. The summed E-state index contributed by atoms with van der Waals surface area (Å²) < 4.78 is 21.9. The van der Waals surface area contributed by atoms with Gasteiger partial charge in [-0.25, -0.2) is 0 Å². The van der Waals surface area contributed by atoms with Gasteiger partial charge in [-0.15, -0.1) is 0 Å². The highest BCUT2D eigenvalue weighted by Crippen LogP contribution is 2.45. The maximum absolute atomic E-state index is 11.6. The zero-order chi connectivity index (χ0) is 10.5. The predicted octanol–water partition coefficient (Wildman–Crippen LogP) is 3.30. The maximum Gasteiger partial charge on any atom is 0.327 e. The first-order valence-corrected chi connectivity index (χ1v) is 6.73. The van der Waals surface area contributed by atoms with Crippen LogP contribution in [0.1, 0.15) is 34.1 Å². The molecule has 0 aliphatic rings. The van der Waals surface area contributed by atoms with Gasteiger partial charge in [0.05, 0.1) is 12.7 Å². The fourth-order valence-corrected chi connectivity index (χ4v) is 2.13. The largest absolute Gasteiger partial charge is 0.327 e. The first kappa shape index (κ1) is 13.2. The first-order valence-electron chi connectivity index (χ1n) is 4.74. The molecule has 0 aliphatic heterocycles. The zero-order valence-corrected chi connectivity index (χ0v) is 10.1. The van der Waals surface area contributed by atoms with Gasteiger partial charge in [0.1, 0.15) is 0 Å². The highest BCUT2D eigenvalue weighted by Gasteiger charge is 2.18. The van der Waals surface area contributed by atoms with E-state index >= 15 is 0 Å². The lowest BCUT2D eigenvalue weighted by atomic mass is 10.2. The van der Waals surface area contributed by atoms with Crippen LogP contribution < -0.4 is 0 Å². The molecular weight excluding hydrogens is 187 g/mol. The lowest BCUT2D eigenvalue weighted by Gasteiger charge is -2.17. The maximum atomic E-state index is 11.6. The van der Waals surface area contributed by atoms with Crippen molar-refractivity contribution in [3.05, 3.63) is 0 Å². The smallest absolute Gasteiger partial charge is 0.309 e. The SMILES string of the molecule is CC(C)CCOP(C)(=O)OC(C)C. The fraction of sp³-hybridized carbons (Fsp3) is 1.00. The fourth-order valence-electron chi connectivity index (χ4n) is 0.868. The molecule has 0 aromatic rings. The number of hydrogen-bond donors (Lipinski definition) is 0. The molecule has 4 heteroatoms. The highest BCUT2D eigenvalue weighted by atomic mass is 31.2. The van der Waals surface area contributed by atoms with E-state index in [0.717, 1.165) is 6.42 Å². The summed E-state index contributed by atoms with van der Waals surface area (Å²) in [5, 5.41) is 0. The monoisotopic (exact) mass is 208 g/mol. The van der Waals surface area contributed by atoms with Crippen molar-refractivity contribution in [1.29, 1.82) is 0 Å². The molecule has 0 saturated carbocycles. The van der Waals surface area contributed by atoms with Crippen LogP contribution in [0, 0.1) is 5.92 Å². The second-order valence-corrected chi connectivity index (χ2v) is 5.95. The van der Waals surface area contributed by atoms with Crippen molar-refractivity contribution >= 4 is 7.60 Å². The Kier molecular flexibility index (Phi) is 5.86. The summed E-state index contributed by atoms with van der Waals surface area (Å²) in [6.45, 7) is 9.94. The van der Waals surface area contributed by atoms with Crippen LogP contribution in [0.2, 0.25) is 0 Å². The Morgan fingerprint density at radius 2 is 1.77 bits per heavy atom. The van der Waals surface area contributed by atoms with Crippen molar-refractivity contribution in [2.75, 3.05) is 13.3 Å². The van der Waals surface area contributed by atoms with Gasteiger partial charge in [-0.05, 0) is 26.2 Å². The Bertz CT molecular complexity index is 178. The van der Waals surface area contributed by atoms with Gasteiger partial charge < -0.3 is 9.05 Å². The summed E-state index contributed by atoms with van der Waals surface area (Å²) >= 11 is 0. The van der Waals surface area contributed by atoms with Crippen molar-refractivity contribution in [3.63, 3.8) is 0 Å². The van der Waals surface area contributed by atoms with Gasteiger partial charge in [0.15, 0.2) is 0 Å². The van der Waals surface area contributed by atoms with E-state index in [1.807, 2.05) is 13.8 Å². The molecule has 0 spiro atoms. The van der Waals surface area contributed by atoms with Crippen molar-refractivity contribution in [1.82, 2.24) is 0 Å². The molecular formula is C9H21O3P. The van der Waals surface area contributed by atoms with Gasteiger partial charge in [0, 0.05) is 6.66 Å². The summed E-state index contributed by atoms with van der Waals surface area (Å²) in [7, 11) is -2.80. The van der Waals surface area contributed by atoms with Crippen LogP contribution in [0.25, 0.3) is 0 Å². The Hall–Kier alpha value is 0.150. The zero-order valence-electron chi connectivity index (χ0n) is 9.24. The minimum atomic E-state index is -2.80. The van der Waals surface area contributed by atoms with Crippen molar-refractivity contribution in [3.8, 4) is 0 Å². The van der Waals surface area contributed by atoms with Gasteiger partial charge in [-0.3, -0.25) is 4.57 Å². The van der Waals surface area contributed by atoms with Crippen LogP contribution in [0.4, 0.5) is 0 Å². The summed E-state index contributed by atoms with van der Waals surface area (Å²) in [4.78, 5) is 0. The molecule has 3 nitrogen and oxygen atoms in total. The molecule has 0 saturated heterocycles. The molecule has 0 aliphatic carbocycles. The first-order chi connectivity index (χ1) is 5.83. The van der Waals surface area contributed by atoms with E-state index in [4.69, 9.17) is 9.05 Å². The average molecular weight is 208 g/mol. The molecule has 13 heavy (non-hydrogen) atoms. The van der Waals surface area contributed by atoms with Crippen LogP contribution in [0.5, 0.6) is 0 Å². The van der Waals surface area contributed by atoms with Crippen LogP contribution in [0.15, 0.2) is 0 Å². The minimum absolute atomic E-state index is 0.0464. The summed E-state index contributed by atoms with van der Waals surface area (Å²) in [6, 6.07) is 0. The summed E-state index contributed by atoms with van der Waals surface area (Å²) in [5.74, 6) is 0.569. The van der Waals surface area contributed by atoms with Gasteiger partial charge >= 0.3 is 7.60 Å². The Morgan fingerprint density at radius 3 is 2.15 bits per heavy atom. The standard InChI is InChI=1S/C9H21O3P/c1-8(2)6-7-11-13(5,10)12-9(3)4/h8-9H,6-7H2,1-5H3. The second-order valence-electron chi connectivity index (χ2n) is 3.94. The van der Waals surface area contributed by atoms with E-state index in [9.17, 15) is 4.57 Å². The van der Waals surface area contributed by atoms with Crippen molar-refractivity contribution in [2.45, 2.75) is 40.2 Å². The highest BCUT2D eigenvalue weighted by molar-refractivity contribution is 7.52. The number of hydrogen-bond acceptors (Lipinski definition) is 3. The van der Waals surface area contributed by atoms with Crippen LogP contribution >= 0.6 is 7.60 Å². The Balaban J connectivity index is 3.70. The van der Waals surface area contributed by atoms with Gasteiger partial charge in [0.25, 0.3) is 0 Å². The lowest BCUT2D eigenvalue weighted by molar-refractivity contribution is 0.167. The van der Waals surface area contributed by atoms with Gasteiger partial charge in [0.2, 0.25) is 0 Å². The molecule has 0 bridgehead atoms. The quantitative estimate of drug-likeness (QED) is 0.628. The van der Waals surface area contributed by atoms with Crippen molar-refractivity contribution in [2.24, 2.45) is 5.92 Å². The molecule has 1 unspecified atom stereocenters. The van der Waals surface area contributed by atoms with E-state index in [-0.39, 0.29) is 6.10 Å². The normalized spacial score (nSPS) is 16.5. The van der Waals surface area contributed by atoms with Crippen LogP contribution in [-0.4, -0.2) is 19.4 Å². The molecule has 1 atom stereocenters. The van der Waals surface area contributed by atoms with Gasteiger partial charge in [-0.1, -0.05) is 13.8 Å². The third kappa shape index (κ3) is 8.48. The molecule has 0 N–H and O–H groups in total. The van der Waals surface area contributed by atoms with Crippen molar-refractivity contribution < 1.29 is 13.6 Å². The summed E-state index contributed by atoms with van der Waals surface area (Å²) in [6.07, 6.45) is 0.870. The third-order valence-electron chi connectivity index (χ3n) is 1.42. The lowest BCUT2D eigenvalue weighted by Crippen LogP contribution is -2.04.